The molecule has 0 aromatic heterocycles. The van der Waals surface area contributed by atoms with Crippen LogP contribution in [0.1, 0.15) is 31.7 Å². The van der Waals surface area contributed by atoms with Crippen LogP contribution in [0.3, 0.4) is 0 Å². The standard InChI is InChI=1S/C13H15ClF3N/c1-8-3-2-4-12(8)18-11-6-9(13(15,16)17)5-10(14)7-11/h5-8,12,18H,2-4H2,1H3. The fourth-order valence-corrected chi connectivity index (χ4v) is 2.65. The highest BCUT2D eigenvalue weighted by molar-refractivity contribution is 6.30. The van der Waals surface area contributed by atoms with Crippen molar-refractivity contribution in [3.05, 3.63) is 28.8 Å². The third kappa shape index (κ3) is 3.10. The van der Waals surface area contributed by atoms with Crippen LogP contribution in [-0.2, 0) is 6.18 Å². The van der Waals surface area contributed by atoms with Crippen LogP contribution in [0.5, 0.6) is 0 Å². The molecule has 2 unspecified atom stereocenters. The van der Waals surface area contributed by atoms with Gasteiger partial charge in [0.15, 0.2) is 0 Å². The predicted molar refractivity (Wildman–Crippen MR) is 66.9 cm³/mol. The smallest absolute Gasteiger partial charge is 0.382 e. The van der Waals surface area contributed by atoms with Gasteiger partial charge in [-0.05, 0) is 37.0 Å². The largest absolute Gasteiger partial charge is 0.416 e. The quantitative estimate of drug-likeness (QED) is 0.806. The summed E-state index contributed by atoms with van der Waals surface area (Å²) >= 11 is 5.74. The van der Waals surface area contributed by atoms with E-state index in [2.05, 4.69) is 12.2 Å². The SMILES string of the molecule is CC1CCCC1Nc1cc(Cl)cc(C(F)(F)F)c1. The maximum atomic E-state index is 12.7. The number of alkyl halides is 3. The molecule has 0 heterocycles. The number of nitrogens with one attached hydrogen (secondary N) is 1. The summed E-state index contributed by atoms with van der Waals surface area (Å²) in [6.45, 7) is 2.11. The van der Waals surface area contributed by atoms with Gasteiger partial charge in [-0.2, -0.15) is 13.2 Å². The van der Waals surface area contributed by atoms with Gasteiger partial charge in [0.2, 0.25) is 0 Å². The Morgan fingerprint density at radius 1 is 1.22 bits per heavy atom. The molecular formula is C13H15ClF3N. The lowest BCUT2D eigenvalue weighted by Gasteiger charge is -2.20. The average Bonchev–Trinajstić information content (AvgIpc) is 2.62. The molecule has 0 spiro atoms. The van der Waals surface area contributed by atoms with Gasteiger partial charge in [0.25, 0.3) is 0 Å². The van der Waals surface area contributed by atoms with E-state index in [1.165, 1.54) is 0 Å². The van der Waals surface area contributed by atoms with Crippen molar-refractivity contribution in [1.29, 1.82) is 0 Å². The highest BCUT2D eigenvalue weighted by atomic mass is 35.5. The van der Waals surface area contributed by atoms with E-state index in [-0.39, 0.29) is 11.1 Å². The Morgan fingerprint density at radius 2 is 1.94 bits per heavy atom. The first-order valence-corrected chi connectivity index (χ1v) is 6.38. The third-order valence-corrected chi connectivity index (χ3v) is 3.66. The molecule has 1 aromatic carbocycles. The molecule has 1 saturated carbocycles. The maximum Gasteiger partial charge on any atom is 0.416 e. The van der Waals surface area contributed by atoms with Gasteiger partial charge < -0.3 is 5.32 Å². The van der Waals surface area contributed by atoms with Crippen LogP contribution in [-0.4, -0.2) is 6.04 Å². The fraction of sp³-hybridized carbons (Fsp3) is 0.538. The van der Waals surface area contributed by atoms with Crippen LogP contribution in [0.4, 0.5) is 18.9 Å². The lowest BCUT2D eigenvalue weighted by molar-refractivity contribution is -0.137. The number of hydrogen-bond acceptors (Lipinski definition) is 1. The Kier molecular flexibility index (Phi) is 3.76. The first-order chi connectivity index (χ1) is 8.36. The van der Waals surface area contributed by atoms with Gasteiger partial charge in [0.05, 0.1) is 5.56 Å². The van der Waals surface area contributed by atoms with Crippen molar-refractivity contribution in [2.45, 2.75) is 38.4 Å². The minimum absolute atomic E-state index is 0.109. The van der Waals surface area contributed by atoms with Crippen LogP contribution in [0.15, 0.2) is 18.2 Å². The van der Waals surface area contributed by atoms with E-state index in [4.69, 9.17) is 11.6 Å². The van der Waals surface area contributed by atoms with Crippen molar-refractivity contribution in [2.24, 2.45) is 5.92 Å². The molecule has 1 aliphatic carbocycles. The molecule has 0 radical (unpaired) electrons. The second kappa shape index (κ2) is 5.00. The summed E-state index contributed by atoms with van der Waals surface area (Å²) in [6, 6.07) is 3.85. The van der Waals surface area contributed by atoms with Gasteiger partial charge in [0.1, 0.15) is 0 Å². The Labute approximate surface area is 109 Å². The summed E-state index contributed by atoms with van der Waals surface area (Å²) in [5.74, 6) is 0.485. The first kappa shape index (κ1) is 13.5. The van der Waals surface area contributed by atoms with E-state index >= 15 is 0 Å². The topological polar surface area (TPSA) is 12.0 Å². The van der Waals surface area contributed by atoms with Crippen LogP contribution >= 0.6 is 11.6 Å². The maximum absolute atomic E-state index is 12.7. The Balaban J connectivity index is 2.20. The Hall–Kier alpha value is -0.900. The molecule has 0 aliphatic heterocycles. The predicted octanol–water partition coefficient (Wildman–Crippen LogP) is 4.96. The number of benzene rings is 1. The number of rotatable bonds is 2. The minimum atomic E-state index is -4.36. The number of hydrogen-bond donors (Lipinski definition) is 1. The lowest BCUT2D eigenvalue weighted by atomic mass is 10.1. The highest BCUT2D eigenvalue weighted by Crippen LogP contribution is 2.35. The van der Waals surface area contributed by atoms with Gasteiger partial charge in [-0.15, -0.1) is 0 Å². The molecule has 1 fully saturated rings. The van der Waals surface area contributed by atoms with Gasteiger partial charge in [-0.25, -0.2) is 0 Å². The van der Waals surface area contributed by atoms with Crippen LogP contribution in [0.2, 0.25) is 5.02 Å². The van der Waals surface area contributed by atoms with Gasteiger partial charge in [-0.3, -0.25) is 0 Å². The normalized spacial score (nSPS) is 24.3. The van der Waals surface area contributed by atoms with Gasteiger partial charge >= 0.3 is 6.18 Å². The molecule has 100 valence electrons. The Bertz CT molecular complexity index is 431. The zero-order chi connectivity index (χ0) is 13.3. The summed E-state index contributed by atoms with van der Waals surface area (Å²) in [6.07, 6.45) is -1.13. The summed E-state index contributed by atoms with van der Waals surface area (Å²) in [7, 11) is 0. The van der Waals surface area contributed by atoms with Crippen LogP contribution in [0.25, 0.3) is 0 Å². The number of anilines is 1. The molecule has 0 bridgehead atoms. The average molecular weight is 278 g/mol. The second-order valence-electron chi connectivity index (χ2n) is 4.89. The van der Waals surface area contributed by atoms with E-state index in [1.54, 1.807) is 6.07 Å². The zero-order valence-corrected chi connectivity index (χ0v) is 10.8. The first-order valence-electron chi connectivity index (χ1n) is 6.00. The van der Waals surface area contributed by atoms with Crippen molar-refractivity contribution in [2.75, 3.05) is 5.32 Å². The second-order valence-corrected chi connectivity index (χ2v) is 5.32. The molecule has 2 atom stereocenters. The summed E-state index contributed by atoms with van der Waals surface area (Å²) in [5, 5.41) is 3.27. The summed E-state index contributed by atoms with van der Waals surface area (Å²) in [5.41, 5.74) is -0.253. The van der Waals surface area contributed by atoms with Crippen LogP contribution in [0, 0.1) is 5.92 Å². The molecule has 2 rings (SSSR count). The van der Waals surface area contributed by atoms with Crippen molar-refractivity contribution >= 4 is 17.3 Å². The van der Waals surface area contributed by atoms with Gasteiger partial charge in [0, 0.05) is 16.8 Å². The molecule has 18 heavy (non-hydrogen) atoms. The highest BCUT2D eigenvalue weighted by Gasteiger charge is 2.31. The van der Waals surface area contributed by atoms with Crippen molar-refractivity contribution in [1.82, 2.24) is 0 Å². The van der Waals surface area contributed by atoms with Crippen molar-refractivity contribution in [3.8, 4) is 0 Å². The molecule has 1 aromatic rings. The molecule has 0 amide bonds. The van der Waals surface area contributed by atoms with Crippen molar-refractivity contribution in [3.63, 3.8) is 0 Å². The minimum Gasteiger partial charge on any atom is -0.382 e. The van der Waals surface area contributed by atoms with E-state index in [0.717, 1.165) is 31.4 Å². The Morgan fingerprint density at radius 3 is 2.50 bits per heavy atom. The lowest BCUT2D eigenvalue weighted by Crippen LogP contribution is -2.22. The van der Waals surface area contributed by atoms with Crippen molar-refractivity contribution < 1.29 is 13.2 Å². The van der Waals surface area contributed by atoms with E-state index in [0.29, 0.717) is 11.6 Å². The number of halogens is 4. The summed E-state index contributed by atoms with van der Waals surface area (Å²) < 4.78 is 38.0. The van der Waals surface area contributed by atoms with Gasteiger partial charge in [-0.1, -0.05) is 24.9 Å². The van der Waals surface area contributed by atoms with E-state index in [1.807, 2.05) is 0 Å². The van der Waals surface area contributed by atoms with E-state index < -0.39 is 11.7 Å². The monoisotopic (exact) mass is 277 g/mol. The molecule has 5 heteroatoms. The molecule has 0 saturated heterocycles. The molecule has 1 nitrogen and oxygen atoms in total. The fourth-order valence-electron chi connectivity index (χ4n) is 2.41. The van der Waals surface area contributed by atoms with Crippen LogP contribution < -0.4 is 5.32 Å². The molecular weight excluding hydrogens is 263 g/mol. The molecule has 1 N–H and O–H groups in total. The third-order valence-electron chi connectivity index (χ3n) is 3.44. The summed E-state index contributed by atoms with van der Waals surface area (Å²) in [4.78, 5) is 0. The zero-order valence-electron chi connectivity index (χ0n) is 10.0. The molecule has 1 aliphatic rings. The van der Waals surface area contributed by atoms with E-state index in [9.17, 15) is 13.2 Å².